The first-order valence-corrected chi connectivity index (χ1v) is 6.82. The number of fused-ring (bicyclic) bond motifs is 1. The monoisotopic (exact) mass is 296 g/mol. The standard InChI is InChI=1S/C17H12ClNO2/c1-10-15(17(20)21)13-9-12(18)7-8-14(13)19-16(10)11-5-3-2-4-6-11/h2-9H,1H3,(H,20,21)/p-1. The Morgan fingerprint density at radius 3 is 2.52 bits per heavy atom. The van der Waals surface area contributed by atoms with Crippen LogP contribution in [0.3, 0.4) is 0 Å². The summed E-state index contributed by atoms with van der Waals surface area (Å²) in [4.78, 5) is 16.1. The van der Waals surface area contributed by atoms with Crippen molar-refractivity contribution in [2.75, 3.05) is 0 Å². The van der Waals surface area contributed by atoms with Crippen molar-refractivity contribution in [2.45, 2.75) is 6.92 Å². The number of carboxylic acids is 1. The number of carboxylic acid groups (broad SMARTS) is 1. The van der Waals surface area contributed by atoms with Crippen molar-refractivity contribution in [1.29, 1.82) is 0 Å². The summed E-state index contributed by atoms with van der Waals surface area (Å²) >= 11 is 5.96. The number of aromatic nitrogens is 1. The highest BCUT2D eigenvalue weighted by Crippen LogP contribution is 2.30. The van der Waals surface area contributed by atoms with Gasteiger partial charge in [0.2, 0.25) is 0 Å². The SMILES string of the molecule is Cc1c(-c2ccccc2)nc2ccc(Cl)cc2c1C(=O)[O-]. The first-order chi connectivity index (χ1) is 10.1. The van der Waals surface area contributed by atoms with Crippen molar-refractivity contribution < 1.29 is 9.90 Å². The van der Waals surface area contributed by atoms with Gasteiger partial charge in [0.05, 0.1) is 17.2 Å². The summed E-state index contributed by atoms with van der Waals surface area (Å²) in [5, 5.41) is 12.5. The Kier molecular flexibility index (Phi) is 3.35. The van der Waals surface area contributed by atoms with Crippen molar-refractivity contribution in [3.05, 3.63) is 64.7 Å². The van der Waals surface area contributed by atoms with Crippen LogP contribution in [0.2, 0.25) is 5.02 Å². The molecular weight excluding hydrogens is 286 g/mol. The zero-order valence-electron chi connectivity index (χ0n) is 11.3. The second-order valence-electron chi connectivity index (χ2n) is 4.78. The van der Waals surface area contributed by atoms with E-state index in [1.165, 1.54) is 0 Å². The number of rotatable bonds is 2. The third kappa shape index (κ3) is 2.36. The fourth-order valence-corrected chi connectivity index (χ4v) is 2.64. The Labute approximate surface area is 126 Å². The molecule has 21 heavy (non-hydrogen) atoms. The van der Waals surface area contributed by atoms with Crippen molar-refractivity contribution in [2.24, 2.45) is 0 Å². The van der Waals surface area contributed by atoms with Crippen LogP contribution in [0, 0.1) is 6.92 Å². The van der Waals surface area contributed by atoms with E-state index in [-0.39, 0.29) is 5.56 Å². The molecule has 3 rings (SSSR count). The molecule has 104 valence electrons. The Morgan fingerprint density at radius 1 is 1.14 bits per heavy atom. The van der Waals surface area contributed by atoms with Crippen molar-refractivity contribution >= 4 is 28.5 Å². The van der Waals surface area contributed by atoms with Crippen LogP contribution in [0.15, 0.2) is 48.5 Å². The third-order valence-electron chi connectivity index (χ3n) is 3.44. The van der Waals surface area contributed by atoms with Crippen LogP contribution in [0.25, 0.3) is 22.2 Å². The number of pyridine rings is 1. The van der Waals surface area contributed by atoms with Crippen LogP contribution in [-0.4, -0.2) is 11.0 Å². The number of benzene rings is 2. The van der Waals surface area contributed by atoms with Crippen LogP contribution in [-0.2, 0) is 0 Å². The van der Waals surface area contributed by atoms with Crippen LogP contribution in [0.5, 0.6) is 0 Å². The average molecular weight is 297 g/mol. The number of nitrogens with zero attached hydrogens (tertiary/aromatic N) is 1. The van der Waals surface area contributed by atoms with Gasteiger partial charge in [-0.1, -0.05) is 41.9 Å². The number of hydrogen-bond acceptors (Lipinski definition) is 3. The molecule has 1 heterocycles. The fourth-order valence-electron chi connectivity index (χ4n) is 2.47. The Balaban J connectivity index is 2.41. The molecule has 0 aliphatic carbocycles. The van der Waals surface area contributed by atoms with Gasteiger partial charge in [-0.3, -0.25) is 0 Å². The summed E-state index contributed by atoms with van der Waals surface area (Å²) in [5.74, 6) is -1.22. The summed E-state index contributed by atoms with van der Waals surface area (Å²) in [6.07, 6.45) is 0. The smallest absolute Gasteiger partial charge is 0.0745 e. The Morgan fingerprint density at radius 2 is 1.86 bits per heavy atom. The molecule has 0 bridgehead atoms. The highest BCUT2D eigenvalue weighted by molar-refractivity contribution is 6.31. The van der Waals surface area contributed by atoms with E-state index in [1.807, 2.05) is 30.3 Å². The number of hydrogen-bond donors (Lipinski definition) is 0. The molecule has 1 aromatic heterocycles. The van der Waals surface area contributed by atoms with E-state index in [1.54, 1.807) is 25.1 Å². The maximum atomic E-state index is 11.5. The van der Waals surface area contributed by atoms with Gasteiger partial charge in [-0.05, 0) is 30.7 Å². The molecule has 3 aromatic rings. The number of carbonyl (C=O) groups excluding carboxylic acids is 1. The summed E-state index contributed by atoms with van der Waals surface area (Å²) in [7, 11) is 0. The van der Waals surface area contributed by atoms with Gasteiger partial charge in [0, 0.05) is 21.5 Å². The zero-order valence-corrected chi connectivity index (χ0v) is 12.0. The molecule has 0 atom stereocenters. The van der Waals surface area contributed by atoms with E-state index in [0.717, 1.165) is 5.56 Å². The van der Waals surface area contributed by atoms with Crippen LogP contribution >= 0.6 is 11.6 Å². The van der Waals surface area contributed by atoms with Gasteiger partial charge in [0.25, 0.3) is 0 Å². The van der Waals surface area contributed by atoms with E-state index >= 15 is 0 Å². The Hall–Kier alpha value is -2.39. The highest BCUT2D eigenvalue weighted by atomic mass is 35.5. The van der Waals surface area contributed by atoms with Crippen LogP contribution in [0.1, 0.15) is 15.9 Å². The van der Waals surface area contributed by atoms with Gasteiger partial charge in [-0.2, -0.15) is 0 Å². The lowest BCUT2D eigenvalue weighted by Gasteiger charge is -2.15. The molecule has 0 radical (unpaired) electrons. The molecule has 0 amide bonds. The maximum absolute atomic E-state index is 11.5. The minimum Gasteiger partial charge on any atom is -0.545 e. The minimum atomic E-state index is -1.22. The predicted octanol–water partition coefficient (Wildman–Crippen LogP) is 3.23. The highest BCUT2D eigenvalue weighted by Gasteiger charge is 2.14. The number of aromatic carboxylic acids is 1. The van der Waals surface area contributed by atoms with Crippen molar-refractivity contribution in [3.8, 4) is 11.3 Å². The zero-order chi connectivity index (χ0) is 15.0. The second kappa shape index (κ2) is 5.19. The van der Waals surface area contributed by atoms with E-state index < -0.39 is 5.97 Å². The molecule has 0 fully saturated rings. The topological polar surface area (TPSA) is 53.0 Å². The average Bonchev–Trinajstić information content (AvgIpc) is 2.47. The molecule has 0 N–H and O–H groups in total. The normalized spacial score (nSPS) is 10.8. The predicted molar refractivity (Wildman–Crippen MR) is 81.3 cm³/mol. The first kappa shape index (κ1) is 13.6. The molecule has 0 saturated heterocycles. The molecule has 3 nitrogen and oxygen atoms in total. The van der Waals surface area contributed by atoms with Gasteiger partial charge >= 0.3 is 0 Å². The van der Waals surface area contributed by atoms with Crippen molar-refractivity contribution in [1.82, 2.24) is 4.98 Å². The van der Waals surface area contributed by atoms with E-state index in [2.05, 4.69) is 4.98 Å². The summed E-state index contributed by atoms with van der Waals surface area (Å²) in [6.45, 7) is 1.74. The number of carbonyl (C=O) groups is 1. The molecule has 2 aromatic carbocycles. The van der Waals surface area contributed by atoms with Gasteiger partial charge in [0.15, 0.2) is 0 Å². The largest absolute Gasteiger partial charge is 0.545 e. The molecule has 0 spiro atoms. The van der Waals surface area contributed by atoms with Gasteiger partial charge in [-0.25, -0.2) is 4.98 Å². The summed E-state index contributed by atoms with van der Waals surface area (Å²) in [6, 6.07) is 14.5. The molecular formula is C17H11ClNO2-. The maximum Gasteiger partial charge on any atom is 0.0745 e. The molecule has 4 heteroatoms. The minimum absolute atomic E-state index is 0.140. The van der Waals surface area contributed by atoms with Gasteiger partial charge < -0.3 is 9.90 Å². The second-order valence-corrected chi connectivity index (χ2v) is 5.21. The third-order valence-corrected chi connectivity index (χ3v) is 3.68. The van der Waals surface area contributed by atoms with E-state index in [0.29, 0.717) is 27.2 Å². The fraction of sp³-hybridized carbons (Fsp3) is 0.0588. The lowest BCUT2D eigenvalue weighted by Crippen LogP contribution is -2.24. The molecule has 0 unspecified atom stereocenters. The Bertz CT molecular complexity index is 844. The molecule has 0 saturated carbocycles. The van der Waals surface area contributed by atoms with Crippen LogP contribution < -0.4 is 5.11 Å². The lowest BCUT2D eigenvalue weighted by molar-refractivity contribution is -0.254. The molecule has 0 aliphatic heterocycles. The molecule has 0 aliphatic rings. The quantitative estimate of drug-likeness (QED) is 0.729. The van der Waals surface area contributed by atoms with E-state index in [9.17, 15) is 9.90 Å². The first-order valence-electron chi connectivity index (χ1n) is 6.44. The van der Waals surface area contributed by atoms with Crippen LogP contribution in [0.4, 0.5) is 0 Å². The summed E-state index contributed by atoms with van der Waals surface area (Å²) < 4.78 is 0. The summed E-state index contributed by atoms with van der Waals surface area (Å²) in [5.41, 5.74) is 2.82. The van der Waals surface area contributed by atoms with Gasteiger partial charge in [-0.15, -0.1) is 0 Å². The van der Waals surface area contributed by atoms with Gasteiger partial charge in [0.1, 0.15) is 0 Å². The van der Waals surface area contributed by atoms with E-state index in [4.69, 9.17) is 11.6 Å². The lowest BCUT2D eigenvalue weighted by atomic mass is 9.98. The van der Waals surface area contributed by atoms with Crippen molar-refractivity contribution in [3.63, 3.8) is 0 Å². The number of halogens is 1.